The maximum absolute atomic E-state index is 12.6. The summed E-state index contributed by atoms with van der Waals surface area (Å²) in [4.78, 5) is 36.8. The van der Waals surface area contributed by atoms with Crippen LogP contribution >= 0.6 is 23.2 Å². The van der Waals surface area contributed by atoms with Crippen LogP contribution in [0.25, 0.3) is 11.1 Å². The van der Waals surface area contributed by atoms with Crippen molar-refractivity contribution in [3.63, 3.8) is 0 Å². The zero-order chi connectivity index (χ0) is 23.4. The lowest BCUT2D eigenvalue weighted by Crippen LogP contribution is -2.42. The van der Waals surface area contributed by atoms with Crippen molar-refractivity contribution in [1.29, 1.82) is 0 Å². The number of aromatic nitrogens is 2. The highest BCUT2D eigenvalue weighted by Crippen LogP contribution is 2.26. The van der Waals surface area contributed by atoms with Crippen LogP contribution in [0.3, 0.4) is 0 Å². The molecule has 2 N–H and O–H groups in total. The Labute approximate surface area is 193 Å². The zero-order valence-corrected chi connectivity index (χ0v) is 18.6. The van der Waals surface area contributed by atoms with Gasteiger partial charge in [0.15, 0.2) is 5.75 Å². The minimum absolute atomic E-state index is 0.00884. The first-order valence-electron chi connectivity index (χ1n) is 9.40. The lowest BCUT2D eigenvalue weighted by atomic mass is 10.0. The van der Waals surface area contributed by atoms with E-state index in [2.05, 4.69) is 10.4 Å². The molecule has 3 aromatic rings. The first kappa shape index (κ1) is 23.3. The van der Waals surface area contributed by atoms with E-state index in [0.29, 0.717) is 22.4 Å². The fourth-order valence-corrected chi connectivity index (χ4v) is 3.70. The second-order valence-electron chi connectivity index (χ2n) is 6.88. The molecular weight excluding hydrogens is 457 g/mol. The molecule has 2 aromatic carbocycles. The molecule has 0 spiro atoms. The van der Waals surface area contributed by atoms with Crippen LogP contribution in [0.1, 0.15) is 15.9 Å². The van der Waals surface area contributed by atoms with Crippen LogP contribution in [0.15, 0.2) is 53.5 Å². The summed E-state index contributed by atoms with van der Waals surface area (Å²) in [6, 6.07) is 10.1. The van der Waals surface area contributed by atoms with Gasteiger partial charge in [-0.25, -0.2) is 9.48 Å². The summed E-state index contributed by atoms with van der Waals surface area (Å²) in [5.74, 6) is -1.57. The molecule has 1 atom stereocenters. The lowest BCUT2D eigenvalue weighted by molar-refractivity contribution is -0.139. The van der Waals surface area contributed by atoms with Gasteiger partial charge in [-0.15, -0.1) is 0 Å². The summed E-state index contributed by atoms with van der Waals surface area (Å²) in [5.41, 5.74) is 1.25. The van der Waals surface area contributed by atoms with E-state index in [0.717, 1.165) is 0 Å². The number of rotatable bonds is 7. The third kappa shape index (κ3) is 4.92. The summed E-state index contributed by atoms with van der Waals surface area (Å²) < 4.78 is 6.44. The van der Waals surface area contributed by atoms with Crippen molar-refractivity contribution in [2.24, 2.45) is 7.05 Å². The molecule has 166 valence electrons. The average Bonchev–Trinajstić information content (AvgIpc) is 2.75. The molecule has 0 aliphatic heterocycles. The first-order chi connectivity index (χ1) is 15.2. The lowest BCUT2D eigenvalue weighted by Gasteiger charge is -2.16. The van der Waals surface area contributed by atoms with Gasteiger partial charge >= 0.3 is 5.97 Å². The standard InChI is InChI=1S/C22H19Cl2N3O5/c1-27-21(29)18(17(32-2)11-25-27)13-8-6-12(7-9-13)10-16(22(30)31)26-20(28)19-14(23)4-3-5-15(19)24/h3-9,11,16H,10H2,1-2H3,(H,26,28)(H,30,31)/t16-/m0/s1. The van der Waals surface area contributed by atoms with E-state index in [4.69, 9.17) is 27.9 Å². The molecule has 1 amide bonds. The number of carboxylic acids is 1. The molecule has 0 unspecified atom stereocenters. The molecule has 8 nitrogen and oxygen atoms in total. The molecule has 0 aliphatic rings. The summed E-state index contributed by atoms with van der Waals surface area (Å²) in [6.07, 6.45) is 1.45. The third-order valence-electron chi connectivity index (χ3n) is 4.80. The van der Waals surface area contributed by atoms with Gasteiger partial charge in [-0.1, -0.05) is 53.5 Å². The number of halogens is 2. The van der Waals surface area contributed by atoms with Crippen molar-refractivity contribution in [1.82, 2.24) is 15.1 Å². The molecule has 10 heteroatoms. The molecule has 0 aliphatic carbocycles. The topological polar surface area (TPSA) is 111 Å². The van der Waals surface area contributed by atoms with E-state index in [-0.39, 0.29) is 27.6 Å². The van der Waals surface area contributed by atoms with Gasteiger partial charge in [0, 0.05) is 13.5 Å². The molecule has 0 bridgehead atoms. The van der Waals surface area contributed by atoms with Crippen molar-refractivity contribution >= 4 is 35.1 Å². The van der Waals surface area contributed by atoms with Crippen molar-refractivity contribution in [3.05, 3.63) is 80.2 Å². The van der Waals surface area contributed by atoms with Crippen LogP contribution in [0.5, 0.6) is 5.75 Å². The van der Waals surface area contributed by atoms with Crippen molar-refractivity contribution in [2.45, 2.75) is 12.5 Å². The fourth-order valence-electron chi connectivity index (χ4n) is 3.13. The minimum Gasteiger partial charge on any atom is -0.494 e. The Morgan fingerprint density at radius 2 is 1.78 bits per heavy atom. The fraction of sp³-hybridized carbons (Fsp3) is 0.182. The van der Waals surface area contributed by atoms with Gasteiger partial charge in [-0.3, -0.25) is 9.59 Å². The van der Waals surface area contributed by atoms with Crippen LogP contribution in [0.4, 0.5) is 0 Å². The Bertz CT molecular complexity index is 1200. The van der Waals surface area contributed by atoms with Crippen molar-refractivity contribution in [2.75, 3.05) is 7.11 Å². The van der Waals surface area contributed by atoms with E-state index in [1.165, 1.54) is 37.2 Å². The van der Waals surface area contributed by atoms with Crippen LogP contribution in [0, 0.1) is 0 Å². The molecular formula is C22H19Cl2N3O5. The van der Waals surface area contributed by atoms with Crippen LogP contribution in [-0.4, -0.2) is 39.9 Å². The predicted molar refractivity (Wildman–Crippen MR) is 121 cm³/mol. The Hall–Kier alpha value is -3.36. The van der Waals surface area contributed by atoms with Crippen LogP contribution < -0.4 is 15.6 Å². The number of hydrogen-bond acceptors (Lipinski definition) is 5. The molecule has 32 heavy (non-hydrogen) atoms. The number of ether oxygens (including phenoxy) is 1. The maximum atomic E-state index is 12.6. The summed E-state index contributed by atoms with van der Waals surface area (Å²) in [6.45, 7) is 0. The number of benzene rings is 2. The number of nitrogens with zero attached hydrogens (tertiary/aromatic N) is 2. The number of methoxy groups -OCH3 is 1. The zero-order valence-electron chi connectivity index (χ0n) is 17.1. The Morgan fingerprint density at radius 3 is 2.34 bits per heavy atom. The predicted octanol–water partition coefficient (Wildman–Crippen LogP) is 3.19. The molecule has 1 aromatic heterocycles. The van der Waals surface area contributed by atoms with E-state index >= 15 is 0 Å². The van der Waals surface area contributed by atoms with Gasteiger partial charge in [-0.05, 0) is 23.3 Å². The van der Waals surface area contributed by atoms with Crippen molar-refractivity contribution < 1.29 is 19.4 Å². The SMILES string of the molecule is COc1cnn(C)c(=O)c1-c1ccc(C[C@H](NC(=O)c2c(Cl)cccc2Cl)C(=O)O)cc1. The molecule has 0 fully saturated rings. The van der Waals surface area contributed by atoms with E-state index < -0.39 is 17.9 Å². The second kappa shape index (κ2) is 9.84. The molecule has 1 heterocycles. The number of carbonyl (C=O) groups excluding carboxylic acids is 1. The summed E-state index contributed by atoms with van der Waals surface area (Å²) in [7, 11) is 2.98. The highest BCUT2D eigenvalue weighted by Gasteiger charge is 2.24. The summed E-state index contributed by atoms with van der Waals surface area (Å²) in [5, 5.41) is 16.2. The van der Waals surface area contributed by atoms with Crippen molar-refractivity contribution in [3.8, 4) is 16.9 Å². The third-order valence-corrected chi connectivity index (χ3v) is 5.43. The Kier molecular flexibility index (Phi) is 7.17. The Morgan fingerprint density at radius 1 is 1.16 bits per heavy atom. The first-order valence-corrected chi connectivity index (χ1v) is 10.2. The van der Waals surface area contributed by atoms with E-state index in [1.807, 2.05) is 0 Å². The number of hydrogen-bond donors (Lipinski definition) is 2. The number of aryl methyl sites for hydroxylation is 1. The van der Waals surface area contributed by atoms with Crippen LogP contribution in [-0.2, 0) is 18.3 Å². The highest BCUT2D eigenvalue weighted by molar-refractivity contribution is 6.39. The van der Waals surface area contributed by atoms with Gasteiger partial charge in [0.2, 0.25) is 0 Å². The van der Waals surface area contributed by atoms with Gasteiger partial charge in [0.05, 0.1) is 34.5 Å². The average molecular weight is 476 g/mol. The van der Waals surface area contributed by atoms with E-state index in [9.17, 15) is 19.5 Å². The van der Waals surface area contributed by atoms with Gasteiger partial charge in [-0.2, -0.15) is 5.10 Å². The number of amides is 1. The molecule has 0 saturated heterocycles. The van der Waals surface area contributed by atoms with Gasteiger partial charge < -0.3 is 15.2 Å². The summed E-state index contributed by atoms with van der Waals surface area (Å²) >= 11 is 12.1. The minimum atomic E-state index is -1.22. The number of aliphatic carboxylic acids is 1. The molecule has 0 radical (unpaired) electrons. The van der Waals surface area contributed by atoms with Gasteiger partial charge in [0.1, 0.15) is 6.04 Å². The quantitative estimate of drug-likeness (QED) is 0.542. The monoisotopic (exact) mass is 475 g/mol. The highest BCUT2D eigenvalue weighted by atomic mass is 35.5. The number of carboxylic acid groups (broad SMARTS) is 1. The number of carbonyl (C=O) groups is 2. The maximum Gasteiger partial charge on any atom is 0.326 e. The van der Waals surface area contributed by atoms with Crippen LogP contribution in [0.2, 0.25) is 10.0 Å². The molecule has 0 saturated carbocycles. The Balaban J connectivity index is 1.83. The van der Waals surface area contributed by atoms with E-state index in [1.54, 1.807) is 30.3 Å². The molecule has 3 rings (SSSR count). The largest absolute Gasteiger partial charge is 0.494 e. The smallest absolute Gasteiger partial charge is 0.326 e. The second-order valence-corrected chi connectivity index (χ2v) is 7.69. The number of nitrogens with one attached hydrogen (secondary N) is 1. The van der Waals surface area contributed by atoms with Gasteiger partial charge in [0.25, 0.3) is 11.5 Å². The normalized spacial score (nSPS) is 11.6.